The Morgan fingerprint density at radius 2 is 2.23 bits per heavy atom. The van der Waals surface area contributed by atoms with Crippen LogP contribution < -0.4 is 5.32 Å². The van der Waals surface area contributed by atoms with Gasteiger partial charge in [0, 0.05) is 7.05 Å². The van der Waals surface area contributed by atoms with Crippen molar-refractivity contribution in [1.82, 2.24) is 10.3 Å². The third-order valence-electron chi connectivity index (χ3n) is 1.40. The molecule has 1 aromatic rings. The van der Waals surface area contributed by atoms with Gasteiger partial charge in [0.1, 0.15) is 10.6 Å². The first kappa shape index (κ1) is 10.0. The number of thiazole rings is 1. The van der Waals surface area contributed by atoms with Crippen molar-refractivity contribution in [3.8, 4) is 0 Å². The lowest BCUT2D eigenvalue weighted by Crippen LogP contribution is -2.18. The molecule has 1 N–H and O–H groups in total. The molecule has 0 saturated carbocycles. The fourth-order valence-corrected chi connectivity index (χ4v) is 1.74. The van der Waals surface area contributed by atoms with E-state index in [9.17, 15) is 13.6 Å². The number of carbonyl (C=O) groups excluding carboxylic acids is 1. The minimum atomic E-state index is -2.70. The van der Waals surface area contributed by atoms with Crippen molar-refractivity contribution in [2.24, 2.45) is 0 Å². The summed E-state index contributed by atoms with van der Waals surface area (Å²) in [5.41, 5.74) is -0.429. The molecule has 0 unspecified atom stereocenters. The molecule has 0 saturated heterocycles. The van der Waals surface area contributed by atoms with Gasteiger partial charge in [0.05, 0.1) is 5.01 Å². The number of nitrogens with one attached hydrogen (secondary N) is 1. The van der Waals surface area contributed by atoms with Gasteiger partial charge in [-0.15, -0.1) is 11.3 Å². The Labute approximate surface area is 77.8 Å². The average molecular weight is 206 g/mol. The van der Waals surface area contributed by atoms with E-state index in [1.54, 1.807) is 6.92 Å². The number of amides is 1. The molecule has 0 aliphatic heterocycles. The predicted molar refractivity (Wildman–Crippen MR) is 45.2 cm³/mol. The van der Waals surface area contributed by atoms with E-state index in [-0.39, 0.29) is 4.88 Å². The fraction of sp³-hybridized carbons (Fsp3) is 0.429. The van der Waals surface area contributed by atoms with Crippen LogP contribution in [0.3, 0.4) is 0 Å². The number of rotatable bonds is 2. The summed E-state index contributed by atoms with van der Waals surface area (Å²) in [7, 11) is 1.40. The Morgan fingerprint density at radius 1 is 1.62 bits per heavy atom. The average Bonchev–Trinajstić information content (AvgIpc) is 2.46. The molecular formula is C7H8F2N2OS. The zero-order valence-corrected chi connectivity index (χ0v) is 7.91. The van der Waals surface area contributed by atoms with Crippen molar-refractivity contribution in [2.75, 3.05) is 7.05 Å². The van der Waals surface area contributed by atoms with Gasteiger partial charge in [-0.2, -0.15) is 0 Å². The van der Waals surface area contributed by atoms with E-state index in [0.29, 0.717) is 5.01 Å². The van der Waals surface area contributed by atoms with Gasteiger partial charge in [-0.1, -0.05) is 0 Å². The molecule has 1 amide bonds. The highest BCUT2D eigenvalue weighted by Crippen LogP contribution is 2.26. The monoisotopic (exact) mass is 206 g/mol. The lowest BCUT2D eigenvalue weighted by Gasteiger charge is -1.98. The highest BCUT2D eigenvalue weighted by molar-refractivity contribution is 7.13. The first-order chi connectivity index (χ1) is 6.06. The molecule has 0 aliphatic carbocycles. The maximum absolute atomic E-state index is 12.3. The van der Waals surface area contributed by atoms with Crippen LogP contribution in [0.5, 0.6) is 0 Å². The Kier molecular flexibility index (Phi) is 2.92. The number of aromatic nitrogens is 1. The summed E-state index contributed by atoms with van der Waals surface area (Å²) in [5, 5.41) is 2.75. The largest absolute Gasteiger partial charge is 0.354 e. The van der Waals surface area contributed by atoms with Crippen LogP contribution in [0.1, 0.15) is 26.8 Å². The van der Waals surface area contributed by atoms with Gasteiger partial charge >= 0.3 is 0 Å². The summed E-state index contributed by atoms with van der Waals surface area (Å²) in [5.74, 6) is -0.513. The van der Waals surface area contributed by atoms with E-state index >= 15 is 0 Å². The number of carbonyl (C=O) groups is 1. The van der Waals surface area contributed by atoms with Crippen molar-refractivity contribution in [3.05, 3.63) is 15.6 Å². The van der Waals surface area contributed by atoms with Gasteiger partial charge in [0.15, 0.2) is 0 Å². The Balaban J connectivity index is 3.11. The first-order valence-corrected chi connectivity index (χ1v) is 4.35. The molecule has 0 aliphatic rings. The smallest absolute Gasteiger partial charge is 0.282 e. The maximum Gasteiger partial charge on any atom is 0.282 e. The molecule has 1 rings (SSSR count). The van der Waals surface area contributed by atoms with Crippen LogP contribution in [-0.2, 0) is 0 Å². The van der Waals surface area contributed by atoms with Gasteiger partial charge < -0.3 is 5.32 Å². The van der Waals surface area contributed by atoms with Crippen molar-refractivity contribution in [1.29, 1.82) is 0 Å². The number of hydrogen-bond donors (Lipinski definition) is 1. The second kappa shape index (κ2) is 3.78. The normalized spacial score (nSPS) is 10.5. The topological polar surface area (TPSA) is 42.0 Å². The number of nitrogens with zero attached hydrogens (tertiary/aromatic N) is 1. The van der Waals surface area contributed by atoms with Crippen molar-refractivity contribution in [2.45, 2.75) is 13.3 Å². The van der Waals surface area contributed by atoms with Crippen LogP contribution in [0, 0.1) is 6.92 Å². The van der Waals surface area contributed by atoms with Crippen LogP contribution in [0.4, 0.5) is 8.78 Å². The van der Waals surface area contributed by atoms with Crippen LogP contribution in [0.25, 0.3) is 0 Å². The molecule has 0 spiro atoms. The number of alkyl halides is 2. The van der Waals surface area contributed by atoms with Crippen LogP contribution in [0.15, 0.2) is 0 Å². The third kappa shape index (κ3) is 2.00. The molecule has 6 heteroatoms. The molecule has 0 radical (unpaired) electrons. The lowest BCUT2D eigenvalue weighted by molar-refractivity contribution is 0.0952. The van der Waals surface area contributed by atoms with E-state index in [1.807, 2.05) is 0 Å². The molecule has 0 aromatic carbocycles. The first-order valence-electron chi connectivity index (χ1n) is 3.53. The third-order valence-corrected chi connectivity index (χ3v) is 2.39. The summed E-state index contributed by atoms with van der Waals surface area (Å²) in [6, 6.07) is 0. The molecule has 0 bridgehead atoms. The molecule has 3 nitrogen and oxygen atoms in total. The molecule has 0 atom stereocenters. The minimum absolute atomic E-state index is 0.00463. The Hall–Kier alpha value is -1.04. The molecule has 72 valence electrons. The fourth-order valence-electron chi connectivity index (χ4n) is 0.867. The molecule has 13 heavy (non-hydrogen) atoms. The minimum Gasteiger partial charge on any atom is -0.354 e. The summed E-state index contributed by atoms with van der Waals surface area (Å²) in [6.45, 7) is 1.59. The summed E-state index contributed by atoms with van der Waals surface area (Å²) >= 11 is 0.972. The zero-order valence-electron chi connectivity index (χ0n) is 7.10. The molecular weight excluding hydrogens is 198 g/mol. The molecule has 0 fully saturated rings. The summed E-state index contributed by atoms with van der Waals surface area (Å²) in [6.07, 6.45) is -2.70. The number of halogens is 2. The van der Waals surface area contributed by atoms with Crippen molar-refractivity contribution in [3.63, 3.8) is 0 Å². The Bertz CT molecular complexity index is 324. The van der Waals surface area contributed by atoms with Gasteiger partial charge in [0.25, 0.3) is 12.3 Å². The summed E-state index contributed by atoms with van der Waals surface area (Å²) in [4.78, 5) is 14.7. The van der Waals surface area contributed by atoms with E-state index in [4.69, 9.17) is 0 Å². The maximum atomic E-state index is 12.3. The predicted octanol–water partition coefficient (Wildman–Crippen LogP) is 1.75. The van der Waals surface area contributed by atoms with E-state index in [1.165, 1.54) is 7.05 Å². The van der Waals surface area contributed by atoms with Gasteiger partial charge in [-0.05, 0) is 6.92 Å². The molecule has 1 heterocycles. The summed E-state index contributed by atoms with van der Waals surface area (Å²) < 4.78 is 24.6. The quantitative estimate of drug-likeness (QED) is 0.800. The second-order valence-electron chi connectivity index (χ2n) is 2.33. The zero-order chi connectivity index (χ0) is 10.0. The van der Waals surface area contributed by atoms with Crippen molar-refractivity contribution >= 4 is 17.2 Å². The van der Waals surface area contributed by atoms with E-state index < -0.39 is 18.0 Å². The van der Waals surface area contributed by atoms with Gasteiger partial charge in [0.2, 0.25) is 0 Å². The van der Waals surface area contributed by atoms with Crippen LogP contribution in [-0.4, -0.2) is 17.9 Å². The number of hydrogen-bond acceptors (Lipinski definition) is 3. The van der Waals surface area contributed by atoms with Crippen LogP contribution >= 0.6 is 11.3 Å². The number of aryl methyl sites for hydroxylation is 1. The molecule has 1 aromatic heterocycles. The van der Waals surface area contributed by atoms with Gasteiger partial charge in [-0.3, -0.25) is 4.79 Å². The van der Waals surface area contributed by atoms with Gasteiger partial charge in [-0.25, -0.2) is 13.8 Å². The standard InChI is InChI=1S/C7H8F2N2OS/c1-3-11-4(6(8)9)5(13-3)7(12)10-2/h6H,1-2H3,(H,10,12). The van der Waals surface area contributed by atoms with E-state index in [0.717, 1.165) is 11.3 Å². The highest BCUT2D eigenvalue weighted by Gasteiger charge is 2.22. The van der Waals surface area contributed by atoms with E-state index in [2.05, 4.69) is 10.3 Å². The van der Waals surface area contributed by atoms with Crippen LogP contribution in [0.2, 0.25) is 0 Å². The second-order valence-corrected chi connectivity index (χ2v) is 3.53. The lowest BCUT2D eigenvalue weighted by atomic mass is 10.3. The van der Waals surface area contributed by atoms with Crippen molar-refractivity contribution < 1.29 is 13.6 Å². The Morgan fingerprint density at radius 3 is 2.69 bits per heavy atom. The highest BCUT2D eigenvalue weighted by atomic mass is 32.1. The SMILES string of the molecule is CNC(=O)c1sc(C)nc1C(F)F.